The number of hydrogen-bond acceptors (Lipinski definition) is 3. The van der Waals surface area contributed by atoms with Gasteiger partial charge in [-0.2, -0.15) is 5.10 Å². The van der Waals surface area contributed by atoms with Crippen LogP contribution < -0.4 is 11.2 Å². The lowest BCUT2D eigenvalue weighted by Crippen LogP contribution is -2.08. The normalized spacial score (nSPS) is 11.7. The Morgan fingerprint density at radius 1 is 1.10 bits per heavy atom. The number of aromatic amines is 2. The number of H-pyrrole nitrogens is 2. The van der Waals surface area contributed by atoms with Gasteiger partial charge in [0.25, 0.3) is 0 Å². The molecule has 0 spiro atoms. The average Bonchev–Trinajstić information content (AvgIpc) is 2.91. The second-order valence-corrected chi connectivity index (χ2v) is 4.66. The van der Waals surface area contributed by atoms with E-state index in [0.717, 1.165) is 5.52 Å². The Bertz CT molecular complexity index is 1050. The molecule has 5 nitrogen and oxygen atoms in total. The number of nitrogens with two attached hydrogens (primary N) is 1. The summed E-state index contributed by atoms with van der Waals surface area (Å²) in [6.07, 6.45) is 1.56. The standard InChI is InChI=1S/C14H9FN4O/c15-7-1-2-8(16)13-12(7)14(20)11-6-5-17-19-9(6)3-4-10(11)18-13/h1-5H,16H2,(H,17,19)(H,18,20). The van der Waals surface area contributed by atoms with E-state index in [9.17, 15) is 9.18 Å². The highest BCUT2D eigenvalue weighted by molar-refractivity contribution is 6.09. The van der Waals surface area contributed by atoms with Gasteiger partial charge in [-0.1, -0.05) is 0 Å². The highest BCUT2D eigenvalue weighted by Gasteiger charge is 2.14. The van der Waals surface area contributed by atoms with E-state index in [2.05, 4.69) is 15.2 Å². The van der Waals surface area contributed by atoms with Crippen molar-refractivity contribution in [3.8, 4) is 0 Å². The van der Waals surface area contributed by atoms with Crippen LogP contribution in [0.1, 0.15) is 0 Å². The minimum absolute atomic E-state index is 0.0220. The molecule has 0 aliphatic heterocycles. The van der Waals surface area contributed by atoms with E-state index in [-0.39, 0.29) is 10.8 Å². The molecule has 0 saturated heterocycles. The summed E-state index contributed by atoms with van der Waals surface area (Å²) in [5, 5.41) is 7.76. The molecule has 6 heteroatoms. The molecule has 20 heavy (non-hydrogen) atoms. The maximum absolute atomic E-state index is 14.0. The molecule has 0 amide bonds. The van der Waals surface area contributed by atoms with E-state index in [0.29, 0.717) is 27.5 Å². The molecule has 0 aliphatic carbocycles. The first-order valence-corrected chi connectivity index (χ1v) is 6.02. The maximum atomic E-state index is 14.0. The van der Waals surface area contributed by atoms with Crippen molar-refractivity contribution in [3.05, 3.63) is 46.5 Å². The lowest BCUT2D eigenvalue weighted by molar-refractivity contribution is 0.639. The van der Waals surface area contributed by atoms with Crippen molar-refractivity contribution in [1.29, 1.82) is 0 Å². The smallest absolute Gasteiger partial charge is 0.200 e. The number of halogens is 1. The number of anilines is 1. The van der Waals surface area contributed by atoms with Gasteiger partial charge in [-0.05, 0) is 24.3 Å². The number of fused-ring (bicyclic) bond motifs is 4. The third-order valence-electron chi connectivity index (χ3n) is 3.52. The number of hydrogen-bond donors (Lipinski definition) is 3. The van der Waals surface area contributed by atoms with Crippen molar-refractivity contribution < 1.29 is 4.39 Å². The zero-order chi connectivity index (χ0) is 13.9. The number of benzene rings is 2. The summed E-state index contributed by atoms with van der Waals surface area (Å²) in [4.78, 5) is 15.7. The molecular weight excluding hydrogens is 259 g/mol. The van der Waals surface area contributed by atoms with Gasteiger partial charge in [0.1, 0.15) is 5.82 Å². The molecule has 2 aromatic heterocycles. The molecule has 4 N–H and O–H groups in total. The topological polar surface area (TPSA) is 87.6 Å². The monoisotopic (exact) mass is 268 g/mol. The first kappa shape index (κ1) is 11.0. The predicted molar refractivity (Wildman–Crippen MR) is 76.1 cm³/mol. The van der Waals surface area contributed by atoms with Crippen LogP contribution in [0.15, 0.2) is 35.3 Å². The van der Waals surface area contributed by atoms with Gasteiger partial charge in [-0.3, -0.25) is 9.89 Å². The summed E-state index contributed by atoms with van der Waals surface area (Å²) in [6.45, 7) is 0. The van der Waals surface area contributed by atoms with Gasteiger partial charge in [0.2, 0.25) is 5.43 Å². The van der Waals surface area contributed by atoms with Crippen LogP contribution in [0.25, 0.3) is 32.7 Å². The van der Waals surface area contributed by atoms with Crippen LogP contribution in [0, 0.1) is 5.82 Å². The third-order valence-corrected chi connectivity index (χ3v) is 3.52. The highest BCUT2D eigenvalue weighted by Crippen LogP contribution is 2.25. The van der Waals surface area contributed by atoms with Gasteiger partial charge in [0.15, 0.2) is 0 Å². The molecule has 0 atom stereocenters. The Morgan fingerprint density at radius 2 is 1.90 bits per heavy atom. The van der Waals surface area contributed by atoms with E-state index in [1.165, 1.54) is 12.1 Å². The van der Waals surface area contributed by atoms with Crippen molar-refractivity contribution in [3.63, 3.8) is 0 Å². The van der Waals surface area contributed by atoms with Crippen LogP contribution in [-0.2, 0) is 0 Å². The quantitative estimate of drug-likeness (QED) is 0.337. The second kappa shape index (κ2) is 3.57. The van der Waals surface area contributed by atoms with E-state index >= 15 is 0 Å². The highest BCUT2D eigenvalue weighted by atomic mass is 19.1. The van der Waals surface area contributed by atoms with Gasteiger partial charge < -0.3 is 10.7 Å². The van der Waals surface area contributed by atoms with Crippen molar-refractivity contribution in [2.45, 2.75) is 0 Å². The van der Waals surface area contributed by atoms with Crippen LogP contribution in [0.4, 0.5) is 10.1 Å². The summed E-state index contributed by atoms with van der Waals surface area (Å²) >= 11 is 0. The molecule has 0 radical (unpaired) electrons. The van der Waals surface area contributed by atoms with Gasteiger partial charge in [-0.25, -0.2) is 4.39 Å². The van der Waals surface area contributed by atoms with Crippen LogP contribution >= 0.6 is 0 Å². The second-order valence-electron chi connectivity index (χ2n) is 4.66. The lowest BCUT2D eigenvalue weighted by Gasteiger charge is -2.06. The van der Waals surface area contributed by atoms with E-state index in [1.807, 2.05) is 6.07 Å². The molecule has 0 unspecified atom stereocenters. The number of rotatable bonds is 0. The average molecular weight is 268 g/mol. The molecule has 4 rings (SSSR count). The molecule has 98 valence electrons. The molecule has 0 aliphatic rings. The largest absolute Gasteiger partial charge is 0.397 e. The molecule has 0 bridgehead atoms. The van der Waals surface area contributed by atoms with E-state index in [4.69, 9.17) is 5.73 Å². The minimum atomic E-state index is -0.585. The van der Waals surface area contributed by atoms with E-state index < -0.39 is 5.82 Å². The van der Waals surface area contributed by atoms with Gasteiger partial charge in [0.05, 0.1) is 39.2 Å². The number of nitrogens with one attached hydrogen (secondary N) is 2. The van der Waals surface area contributed by atoms with Crippen LogP contribution in [0.5, 0.6) is 0 Å². The van der Waals surface area contributed by atoms with Crippen LogP contribution in [0.3, 0.4) is 0 Å². The van der Waals surface area contributed by atoms with Crippen molar-refractivity contribution in [2.75, 3.05) is 5.73 Å². The fourth-order valence-corrected chi connectivity index (χ4v) is 2.58. The molecule has 2 heterocycles. The number of pyridine rings is 1. The summed E-state index contributed by atoms with van der Waals surface area (Å²) in [5.41, 5.74) is 7.44. The van der Waals surface area contributed by atoms with Gasteiger partial charge >= 0.3 is 0 Å². The molecule has 2 aromatic carbocycles. The van der Waals surface area contributed by atoms with Crippen LogP contribution in [-0.4, -0.2) is 15.2 Å². The van der Waals surface area contributed by atoms with Gasteiger partial charge in [0, 0.05) is 5.39 Å². The van der Waals surface area contributed by atoms with Crippen molar-refractivity contribution in [1.82, 2.24) is 15.2 Å². The fraction of sp³-hybridized carbons (Fsp3) is 0. The molecular formula is C14H9FN4O. The van der Waals surface area contributed by atoms with Gasteiger partial charge in [-0.15, -0.1) is 0 Å². The number of aromatic nitrogens is 3. The Labute approximate surface area is 111 Å². The third kappa shape index (κ3) is 1.25. The molecule has 0 saturated carbocycles. The number of nitrogen functional groups attached to an aromatic ring is 1. The molecule has 4 aromatic rings. The Morgan fingerprint density at radius 3 is 2.75 bits per heavy atom. The van der Waals surface area contributed by atoms with Crippen molar-refractivity contribution >= 4 is 38.4 Å². The minimum Gasteiger partial charge on any atom is -0.397 e. The Hall–Kier alpha value is -2.89. The molecule has 0 fully saturated rings. The SMILES string of the molecule is Nc1ccc(F)c2c(=O)c3c(ccc4[nH]ncc43)[nH]c12. The maximum Gasteiger partial charge on any atom is 0.200 e. The first-order chi connectivity index (χ1) is 9.66. The van der Waals surface area contributed by atoms with E-state index in [1.54, 1.807) is 12.3 Å². The fourth-order valence-electron chi connectivity index (χ4n) is 2.58. The zero-order valence-electron chi connectivity index (χ0n) is 10.2. The predicted octanol–water partition coefficient (Wildman–Crippen LogP) is 2.28. The summed E-state index contributed by atoms with van der Waals surface area (Å²) < 4.78 is 14.0. The van der Waals surface area contributed by atoms with Crippen molar-refractivity contribution in [2.24, 2.45) is 0 Å². The summed E-state index contributed by atoms with van der Waals surface area (Å²) in [7, 11) is 0. The van der Waals surface area contributed by atoms with Crippen LogP contribution in [0.2, 0.25) is 0 Å². The summed E-state index contributed by atoms with van der Waals surface area (Å²) in [6, 6.07) is 6.20. The lowest BCUT2D eigenvalue weighted by atomic mass is 10.1. The summed E-state index contributed by atoms with van der Waals surface area (Å²) in [5.74, 6) is -0.585. The Balaban J connectivity index is 2.40. The first-order valence-electron chi connectivity index (χ1n) is 6.02. The zero-order valence-corrected chi connectivity index (χ0v) is 10.2. The number of nitrogens with zero attached hydrogens (tertiary/aromatic N) is 1. The Kier molecular flexibility index (Phi) is 1.96.